The number of hydrogen-bond donors (Lipinski definition) is 3. The van der Waals surface area contributed by atoms with Crippen LogP contribution in [0.4, 0.5) is 18.9 Å². The molecular weight excluding hydrogens is 437 g/mol. The molecule has 33 heavy (non-hydrogen) atoms. The second kappa shape index (κ2) is 9.11. The first kappa shape index (κ1) is 24.7. The van der Waals surface area contributed by atoms with Gasteiger partial charge in [0.1, 0.15) is 11.3 Å². The Morgan fingerprint density at radius 2 is 1.79 bits per heavy atom. The Morgan fingerprint density at radius 3 is 2.39 bits per heavy atom. The van der Waals surface area contributed by atoms with Crippen molar-refractivity contribution in [2.24, 2.45) is 0 Å². The van der Waals surface area contributed by atoms with Gasteiger partial charge < -0.3 is 15.5 Å². The van der Waals surface area contributed by atoms with Gasteiger partial charge in [0.25, 0.3) is 5.91 Å². The summed E-state index contributed by atoms with van der Waals surface area (Å²) < 4.78 is 40.2. The Balaban J connectivity index is 1.96. The van der Waals surface area contributed by atoms with Crippen LogP contribution in [-0.2, 0) is 11.2 Å². The van der Waals surface area contributed by atoms with Gasteiger partial charge >= 0.3 is 0 Å². The zero-order valence-electron chi connectivity index (χ0n) is 18.8. The van der Waals surface area contributed by atoms with Crippen LogP contribution in [0, 0.1) is 0 Å². The lowest BCUT2D eigenvalue weighted by Crippen LogP contribution is -2.23. The van der Waals surface area contributed by atoms with E-state index in [9.17, 15) is 28.2 Å². The molecule has 0 spiro atoms. The van der Waals surface area contributed by atoms with Crippen molar-refractivity contribution in [3.63, 3.8) is 0 Å². The highest BCUT2D eigenvalue weighted by atomic mass is 19.3. The molecule has 3 aromatic rings. The van der Waals surface area contributed by atoms with Gasteiger partial charge in [-0.1, -0.05) is 6.07 Å². The maximum absolute atomic E-state index is 14.4. The molecule has 3 rings (SSSR count). The summed E-state index contributed by atoms with van der Waals surface area (Å²) in [6, 6.07) is 7.73. The van der Waals surface area contributed by atoms with E-state index in [-0.39, 0.29) is 11.4 Å². The van der Waals surface area contributed by atoms with Gasteiger partial charge in [0.15, 0.2) is 6.30 Å². The number of nitrogens with zero attached hydrogens (tertiary/aromatic N) is 3. The number of carbonyl (C=O) groups is 1. The first-order valence-corrected chi connectivity index (χ1v) is 10.4. The second-order valence-corrected chi connectivity index (χ2v) is 8.95. The van der Waals surface area contributed by atoms with Crippen molar-refractivity contribution in [1.29, 1.82) is 0 Å². The van der Waals surface area contributed by atoms with E-state index in [2.05, 4.69) is 15.4 Å². The maximum Gasteiger partial charge on any atom is 0.274 e. The van der Waals surface area contributed by atoms with E-state index in [1.807, 2.05) is 0 Å². The summed E-state index contributed by atoms with van der Waals surface area (Å²) in [7, 11) is 0. The molecule has 1 amide bonds. The first-order chi connectivity index (χ1) is 15.3. The lowest BCUT2D eigenvalue weighted by Gasteiger charge is -2.22. The number of nitrogens with one attached hydrogen (secondary N) is 1. The number of pyridine rings is 1. The van der Waals surface area contributed by atoms with Gasteiger partial charge in [-0.05, 0) is 52.0 Å². The smallest absolute Gasteiger partial charge is 0.274 e. The van der Waals surface area contributed by atoms with Gasteiger partial charge in [-0.15, -0.1) is 0 Å². The molecule has 7 nitrogen and oxygen atoms in total. The van der Waals surface area contributed by atoms with Crippen LogP contribution < -0.4 is 5.32 Å². The molecule has 178 valence electrons. The van der Waals surface area contributed by atoms with Crippen molar-refractivity contribution in [2.45, 2.75) is 64.5 Å². The molecule has 0 aliphatic rings. The fraction of sp³-hybridized carbons (Fsp3) is 0.435. The second-order valence-electron chi connectivity index (χ2n) is 8.95. The number of fused-ring (bicyclic) bond motifs is 1. The number of alkyl halides is 3. The Hall–Kier alpha value is -2.98. The molecule has 1 aromatic carbocycles. The third kappa shape index (κ3) is 5.88. The van der Waals surface area contributed by atoms with Gasteiger partial charge in [0, 0.05) is 35.7 Å². The van der Waals surface area contributed by atoms with Crippen LogP contribution >= 0.6 is 0 Å². The van der Waals surface area contributed by atoms with E-state index in [0.29, 0.717) is 22.2 Å². The molecule has 10 heteroatoms. The zero-order valence-corrected chi connectivity index (χ0v) is 18.8. The SMILES string of the molecule is CC(C)(O)c1cccc(C(=O)Nc2cc3cn(C(F)CCC(F)F)nc3cc2C(C)(C)O)n1. The third-order valence-electron chi connectivity index (χ3n) is 5.09. The number of aliphatic hydroxyl groups is 2. The van der Waals surface area contributed by atoms with Crippen molar-refractivity contribution in [2.75, 3.05) is 5.32 Å². The molecule has 2 heterocycles. The summed E-state index contributed by atoms with van der Waals surface area (Å²) in [4.78, 5) is 17.1. The Morgan fingerprint density at radius 1 is 1.09 bits per heavy atom. The van der Waals surface area contributed by atoms with Crippen molar-refractivity contribution < 1.29 is 28.2 Å². The number of aromatic nitrogens is 3. The number of hydrogen-bond acceptors (Lipinski definition) is 5. The number of benzene rings is 1. The fourth-order valence-corrected chi connectivity index (χ4v) is 3.33. The van der Waals surface area contributed by atoms with Crippen LogP contribution in [0.3, 0.4) is 0 Å². The average molecular weight is 464 g/mol. The summed E-state index contributed by atoms with van der Waals surface area (Å²) in [5.74, 6) is -0.571. The lowest BCUT2D eigenvalue weighted by molar-refractivity contribution is 0.0735. The summed E-state index contributed by atoms with van der Waals surface area (Å²) >= 11 is 0. The molecule has 1 unspecified atom stereocenters. The van der Waals surface area contributed by atoms with Gasteiger partial charge in [-0.25, -0.2) is 22.8 Å². The molecule has 2 aromatic heterocycles. The Labute approximate surface area is 189 Å². The normalized spacial score (nSPS) is 13.5. The monoisotopic (exact) mass is 464 g/mol. The molecular formula is C23H27F3N4O3. The first-order valence-electron chi connectivity index (χ1n) is 10.4. The summed E-state index contributed by atoms with van der Waals surface area (Å²) in [5, 5.41) is 28.1. The molecule has 0 aliphatic heterocycles. The standard InChI is InChI=1S/C23H27F3N4O3/c1-22(2,32)14-11-16-13(12-30(29-16)20(26)9-8-19(24)25)10-17(14)28-21(31)15-6-5-7-18(27-15)23(3,4)33/h5-7,10-12,19-20,32-33H,8-9H2,1-4H3,(H,28,31). The fourth-order valence-electron chi connectivity index (χ4n) is 3.33. The number of anilines is 1. The number of halogens is 3. The van der Waals surface area contributed by atoms with E-state index in [1.165, 1.54) is 38.2 Å². The average Bonchev–Trinajstić information content (AvgIpc) is 3.13. The van der Waals surface area contributed by atoms with E-state index in [1.54, 1.807) is 26.0 Å². The molecule has 1 atom stereocenters. The lowest BCUT2D eigenvalue weighted by atomic mass is 9.95. The summed E-state index contributed by atoms with van der Waals surface area (Å²) in [5.41, 5.74) is -1.32. The number of rotatable bonds is 8. The zero-order chi connectivity index (χ0) is 24.6. The minimum absolute atomic E-state index is 0.0583. The topological polar surface area (TPSA) is 100 Å². The molecule has 0 bridgehead atoms. The molecule has 0 radical (unpaired) electrons. The molecule has 0 saturated carbocycles. The molecule has 0 saturated heterocycles. The van der Waals surface area contributed by atoms with Crippen molar-refractivity contribution in [3.8, 4) is 0 Å². The molecule has 0 fully saturated rings. The highest BCUT2D eigenvalue weighted by molar-refractivity contribution is 6.04. The maximum atomic E-state index is 14.4. The van der Waals surface area contributed by atoms with Crippen LogP contribution in [0.15, 0.2) is 36.5 Å². The van der Waals surface area contributed by atoms with E-state index >= 15 is 0 Å². The minimum Gasteiger partial charge on any atom is -0.386 e. The Kier molecular flexibility index (Phi) is 6.80. The number of carbonyl (C=O) groups excluding carboxylic acids is 1. The highest BCUT2D eigenvalue weighted by Gasteiger charge is 2.25. The number of amides is 1. The van der Waals surface area contributed by atoms with Gasteiger partial charge in [-0.3, -0.25) is 4.79 Å². The summed E-state index contributed by atoms with van der Waals surface area (Å²) in [6.07, 6.45) is -3.96. The summed E-state index contributed by atoms with van der Waals surface area (Å²) in [6.45, 7) is 6.14. The van der Waals surface area contributed by atoms with Gasteiger partial charge in [-0.2, -0.15) is 5.10 Å². The molecule has 0 aliphatic carbocycles. The highest BCUT2D eigenvalue weighted by Crippen LogP contribution is 2.33. The van der Waals surface area contributed by atoms with Gasteiger partial charge in [0.2, 0.25) is 6.43 Å². The largest absolute Gasteiger partial charge is 0.386 e. The predicted octanol–water partition coefficient (Wildman–Crippen LogP) is 4.65. The van der Waals surface area contributed by atoms with Crippen LogP contribution in [0.25, 0.3) is 10.9 Å². The third-order valence-corrected chi connectivity index (χ3v) is 5.09. The minimum atomic E-state index is -2.61. The van der Waals surface area contributed by atoms with Crippen LogP contribution in [-0.4, -0.2) is 37.3 Å². The van der Waals surface area contributed by atoms with Crippen molar-refractivity contribution in [1.82, 2.24) is 14.8 Å². The van der Waals surface area contributed by atoms with E-state index in [0.717, 1.165) is 4.68 Å². The van der Waals surface area contributed by atoms with Gasteiger partial charge in [0.05, 0.1) is 16.8 Å². The Bertz CT molecular complexity index is 1150. The van der Waals surface area contributed by atoms with E-state index in [4.69, 9.17) is 0 Å². The van der Waals surface area contributed by atoms with Crippen molar-refractivity contribution in [3.05, 3.63) is 53.5 Å². The van der Waals surface area contributed by atoms with E-state index < -0.39 is 42.7 Å². The van der Waals surface area contributed by atoms with Crippen LogP contribution in [0.1, 0.15) is 68.6 Å². The predicted molar refractivity (Wildman–Crippen MR) is 118 cm³/mol. The van der Waals surface area contributed by atoms with Crippen molar-refractivity contribution >= 4 is 22.5 Å². The van der Waals surface area contributed by atoms with Crippen LogP contribution in [0.2, 0.25) is 0 Å². The van der Waals surface area contributed by atoms with Crippen LogP contribution in [0.5, 0.6) is 0 Å². The quantitative estimate of drug-likeness (QED) is 0.451. The molecule has 3 N–H and O–H groups in total.